The first-order valence-corrected chi connectivity index (χ1v) is 5.74. The number of aliphatic carboxylic acids is 1. The molecule has 0 aromatic rings. The molecule has 0 amide bonds. The van der Waals surface area contributed by atoms with E-state index in [9.17, 15) is 9.90 Å². The maximum absolute atomic E-state index is 11.3. The third kappa shape index (κ3) is 3.84. The lowest BCUT2D eigenvalue weighted by Crippen LogP contribution is -2.41. The van der Waals surface area contributed by atoms with Gasteiger partial charge < -0.3 is 5.11 Å². The molecule has 0 aromatic carbocycles. The van der Waals surface area contributed by atoms with Crippen molar-refractivity contribution in [1.29, 1.82) is 0 Å². The first kappa shape index (κ1) is 14.5. The number of carbonyl (C=O) groups is 1. The summed E-state index contributed by atoms with van der Waals surface area (Å²) in [4.78, 5) is 11.3. The highest BCUT2D eigenvalue weighted by Gasteiger charge is 2.42. The Balaban J connectivity index is 5.19. The lowest BCUT2D eigenvalue weighted by Gasteiger charge is -2.44. The Hall–Kier alpha value is -0.530. The van der Waals surface area contributed by atoms with Crippen LogP contribution >= 0.6 is 0 Å². The SMILES string of the molecule is CCC(C(=O)O)C(C(C)(C)C)C(C)(C)C. The van der Waals surface area contributed by atoms with Gasteiger partial charge >= 0.3 is 5.97 Å². The second kappa shape index (κ2) is 4.54. The van der Waals surface area contributed by atoms with Gasteiger partial charge in [-0.05, 0) is 23.2 Å². The van der Waals surface area contributed by atoms with Crippen molar-refractivity contribution in [3.05, 3.63) is 0 Å². The van der Waals surface area contributed by atoms with Crippen LogP contribution in [0.25, 0.3) is 0 Å². The molecule has 1 atom stereocenters. The molecule has 0 aliphatic heterocycles. The van der Waals surface area contributed by atoms with Gasteiger partial charge in [-0.2, -0.15) is 0 Å². The second-order valence-electron chi connectivity index (χ2n) is 6.56. The Bertz CT molecular complexity index is 204. The Morgan fingerprint density at radius 3 is 1.47 bits per heavy atom. The molecule has 0 fully saturated rings. The van der Waals surface area contributed by atoms with E-state index in [0.29, 0.717) is 6.42 Å². The van der Waals surface area contributed by atoms with Gasteiger partial charge in [0.15, 0.2) is 0 Å². The van der Waals surface area contributed by atoms with Crippen LogP contribution in [0.1, 0.15) is 54.9 Å². The maximum atomic E-state index is 11.3. The molecule has 0 aliphatic carbocycles. The molecule has 1 N–H and O–H groups in total. The van der Waals surface area contributed by atoms with Gasteiger partial charge in [0.05, 0.1) is 5.92 Å². The highest BCUT2D eigenvalue weighted by Crippen LogP contribution is 2.45. The van der Waals surface area contributed by atoms with E-state index in [2.05, 4.69) is 41.5 Å². The zero-order valence-corrected chi connectivity index (χ0v) is 11.2. The Morgan fingerprint density at radius 1 is 1.07 bits per heavy atom. The monoisotopic (exact) mass is 214 g/mol. The molecule has 1 unspecified atom stereocenters. The van der Waals surface area contributed by atoms with Crippen LogP contribution in [0.15, 0.2) is 0 Å². The van der Waals surface area contributed by atoms with Crippen LogP contribution in [-0.4, -0.2) is 11.1 Å². The molecular formula is C13H26O2. The van der Waals surface area contributed by atoms with E-state index in [1.807, 2.05) is 6.92 Å². The molecule has 90 valence electrons. The Kier molecular flexibility index (Phi) is 4.38. The average molecular weight is 214 g/mol. The summed E-state index contributed by atoms with van der Waals surface area (Å²) in [5.74, 6) is -0.718. The fourth-order valence-corrected chi connectivity index (χ4v) is 3.06. The van der Waals surface area contributed by atoms with Crippen molar-refractivity contribution >= 4 is 5.97 Å². The van der Waals surface area contributed by atoms with Crippen molar-refractivity contribution in [1.82, 2.24) is 0 Å². The van der Waals surface area contributed by atoms with Crippen molar-refractivity contribution in [2.75, 3.05) is 0 Å². The van der Waals surface area contributed by atoms with E-state index in [4.69, 9.17) is 0 Å². The largest absolute Gasteiger partial charge is 0.481 e. The zero-order valence-electron chi connectivity index (χ0n) is 11.2. The minimum Gasteiger partial charge on any atom is -0.481 e. The molecular weight excluding hydrogens is 188 g/mol. The first-order valence-electron chi connectivity index (χ1n) is 5.74. The summed E-state index contributed by atoms with van der Waals surface area (Å²) in [5.41, 5.74) is 0.0502. The van der Waals surface area contributed by atoms with Crippen LogP contribution < -0.4 is 0 Å². The van der Waals surface area contributed by atoms with Crippen molar-refractivity contribution in [2.45, 2.75) is 54.9 Å². The smallest absolute Gasteiger partial charge is 0.306 e. The normalized spacial score (nSPS) is 15.5. The number of carboxylic acid groups (broad SMARTS) is 1. The van der Waals surface area contributed by atoms with Gasteiger partial charge in [-0.15, -0.1) is 0 Å². The van der Waals surface area contributed by atoms with Crippen molar-refractivity contribution in [3.8, 4) is 0 Å². The average Bonchev–Trinajstić information content (AvgIpc) is 1.93. The van der Waals surface area contributed by atoms with E-state index in [-0.39, 0.29) is 22.7 Å². The van der Waals surface area contributed by atoms with Gasteiger partial charge in [0, 0.05) is 0 Å². The molecule has 0 heterocycles. The summed E-state index contributed by atoms with van der Waals surface area (Å²) in [5, 5.41) is 9.27. The number of hydrogen-bond donors (Lipinski definition) is 1. The van der Waals surface area contributed by atoms with E-state index < -0.39 is 5.97 Å². The van der Waals surface area contributed by atoms with E-state index >= 15 is 0 Å². The zero-order chi connectivity index (χ0) is 12.4. The lowest BCUT2D eigenvalue weighted by molar-refractivity contribution is -0.148. The highest BCUT2D eigenvalue weighted by atomic mass is 16.4. The topological polar surface area (TPSA) is 37.3 Å². The molecule has 0 rings (SSSR count). The molecule has 0 spiro atoms. The van der Waals surface area contributed by atoms with Crippen LogP contribution in [-0.2, 0) is 4.79 Å². The molecule has 0 saturated heterocycles. The number of rotatable bonds is 3. The highest BCUT2D eigenvalue weighted by molar-refractivity contribution is 5.70. The fraction of sp³-hybridized carbons (Fsp3) is 0.923. The summed E-state index contributed by atoms with van der Waals surface area (Å²) in [6.07, 6.45) is 0.703. The van der Waals surface area contributed by atoms with Crippen molar-refractivity contribution in [3.63, 3.8) is 0 Å². The summed E-state index contributed by atoms with van der Waals surface area (Å²) < 4.78 is 0. The minimum absolute atomic E-state index is 0.0251. The Labute approximate surface area is 94.1 Å². The van der Waals surface area contributed by atoms with Crippen LogP contribution in [0.3, 0.4) is 0 Å². The molecule has 0 saturated carbocycles. The van der Waals surface area contributed by atoms with Crippen molar-refractivity contribution in [2.24, 2.45) is 22.7 Å². The molecule has 0 radical (unpaired) electrons. The van der Waals surface area contributed by atoms with Gasteiger partial charge in [-0.1, -0.05) is 48.5 Å². The molecule has 15 heavy (non-hydrogen) atoms. The quantitative estimate of drug-likeness (QED) is 0.775. The summed E-state index contributed by atoms with van der Waals surface area (Å²) in [7, 11) is 0. The van der Waals surface area contributed by atoms with E-state index in [0.717, 1.165) is 0 Å². The summed E-state index contributed by atoms with van der Waals surface area (Å²) >= 11 is 0. The predicted molar refractivity (Wildman–Crippen MR) is 63.8 cm³/mol. The fourth-order valence-electron chi connectivity index (χ4n) is 3.06. The van der Waals surface area contributed by atoms with Crippen LogP contribution in [0.4, 0.5) is 0 Å². The first-order chi connectivity index (χ1) is 6.51. The molecule has 2 nitrogen and oxygen atoms in total. The molecule has 2 heteroatoms. The standard InChI is InChI=1S/C13H26O2/c1-8-9(11(14)15)10(12(2,3)4)13(5,6)7/h9-10H,8H2,1-7H3,(H,14,15). The van der Waals surface area contributed by atoms with Gasteiger partial charge in [0.2, 0.25) is 0 Å². The van der Waals surface area contributed by atoms with Gasteiger partial charge in [-0.25, -0.2) is 0 Å². The predicted octanol–water partition coefficient (Wildman–Crippen LogP) is 3.81. The summed E-state index contributed by atoms with van der Waals surface area (Å²) in [6.45, 7) is 14.8. The van der Waals surface area contributed by atoms with Gasteiger partial charge in [-0.3, -0.25) is 4.79 Å². The van der Waals surface area contributed by atoms with E-state index in [1.165, 1.54) is 0 Å². The lowest BCUT2D eigenvalue weighted by atomic mass is 9.60. The minimum atomic E-state index is -0.660. The second-order valence-corrected chi connectivity index (χ2v) is 6.56. The number of carboxylic acids is 1. The number of hydrogen-bond acceptors (Lipinski definition) is 1. The molecule has 0 aromatic heterocycles. The maximum Gasteiger partial charge on any atom is 0.306 e. The van der Waals surface area contributed by atoms with Crippen LogP contribution in [0.5, 0.6) is 0 Å². The van der Waals surface area contributed by atoms with Gasteiger partial charge in [0.25, 0.3) is 0 Å². The third-order valence-corrected chi connectivity index (χ3v) is 3.03. The van der Waals surface area contributed by atoms with Crippen LogP contribution in [0, 0.1) is 22.7 Å². The van der Waals surface area contributed by atoms with Crippen molar-refractivity contribution < 1.29 is 9.90 Å². The Morgan fingerprint density at radius 2 is 1.40 bits per heavy atom. The third-order valence-electron chi connectivity index (χ3n) is 3.03. The molecule has 0 aliphatic rings. The molecule has 0 bridgehead atoms. The summed E-state index contributed by atoms with van der Waals surface area (Å²) in [6, 6.07) is 0. The van der Waals surface area contributed by atoms with Crippen LogP contribution in [0.2, 0.25) is 0 Å². The van der Waals surface area contributed by atoms with E-state index in [1.54, 1.807) is 0 Å². The van der Waals surface area contributed by atoms with Gasteiger partial charge in [0.1, 0.15) is 0 Å².